The monoisotopic (exact) mass is 375 g/mol. The van der Waals surface area contributed by atoms with E-state index in [1.165, 1.54) is 0 Å². The fraction of sp³-hybridized carbons (Fsp3) is 0.190. The number of H-pyrrole nitrogens is 1. The van der Waals surface area contributed by atoms with Crippen molar-refractivity contribution in [3.05, 3.63) is 75.7 Å². The van der Waals surface area contributed by atoms with Crippen LogP contribution in [0.3, 0.4) is 0 Å². The minimum Gasteiger partial charge on any atom is -0.454 e. The standard InChI is InChI=1S/C21H17N3O4/c25-20-15-8-9-24(21(26)14-6-7-17-18(10-14)28-12-27-17)11-16(15)22-19(23-20)13-4-2-1-3-5-13/h1-7,10H,8-9,11-12H2,(H,22,23,25). The van der Waals surface area contributed by atoms with Crippen LogP contribution in [0.4, 0.5) is 0 Å². The number of rotatable bonds is 2. The molecule has 5 rings (SSSR count). The first-order valence-electron chi connectivity index (χ1n) is 9.05. The van der Waals surface area contributed by atoms with Crippen LogP contribution in [0.25, 0.3) is 11.4 Å². The molecule has 1 amide bonds. The van der Waals surface area contributed by atoms with E-state index in [1.807, 2.05) is 30.3 Å². The number of ether oxygens (including phenoxy) is 2. The van der Waals surface area contributed by atoms with E-state index in [0.717, 1.165) is 5.56 Å². The van der Waals surface area contributed by atoms with Crippen LogP contribution in [0, 0.1) is 0 Å². The molecule has 0 radical (unpaired) electrons. The molecule has 2 aromatic carbocycles. The van der Waals surface area contributed by atoms with Crippen molar-refractivity contribution >= 4 is 5.91 Å². The summed E-state index contributed by atoms with van der Waals surface area (Å²) in [7, 11) is 0. The van der Waals surface area contributed by atoms with Gasteiger partial charge < -0.3 is 19.4 Å². The summed E-state index contributed by atoms with van der Waals surface area (Å²) in [6, 6.07) is 14.6. The van der Waals surface area contributed by atoms with Crippen LogP contribution >= 0.6 is 0 Å². The van der Waals surface area contributed by atoms with E-state index in [-0.39, 0.29) is 18.3 Å². The summed E-state index contributed by atoms with van der Waals surface area (Å²) in [6.45, 7) is 0.932. The van der Waals surface area contributed by atoms with Gasteiger partial charge in [0.1, 0.15) is 5.82 Å². The van der Waals surface area contributed by atoms with Crippen LogP contribution in [0.15, 0.2) is 53.3 Å². The van der Waals surface area contributed by atoms with E-state index in [4.69, 9.17) is 9.47 Å². The highest BCUT2D eigenvalue weighted by molar-refractivity contribution is 5.95. The highest BCUT2D eigenvalue weighted by Gasteiger charge is 2.26. The molecule has 0 saturated heterocycles. The molecule has 3 heterocycles. The number of nitrogens with zero attached hydrogens (tertiary/aromatic N) is 2. The van der Waals surface area contributed by atoms with Crippen LogP contribution < -0.4 is 15.0 Å². The predicted octanol–water partition coefficient (Wildman–Crippen LogP) is 2.36. The molecule has 1 aromatic heterocycles. The lowest BCUT2D eigenvalue weighted by Gasteiger charge is -2.28. The van der Waals surface area contributed by atoms with Crippen molar-refractivity contribution < 1.29 is 14.3 Å². The van der Waals surface area contributed by atoms with Crippen LogP contribution in [-0.2, 0) is 13.0 Å². The van der Waals surface area contributed by atoms with E-state index >= 15 is 0 Å². The largest absolute Gasteiger partial charge is 0.454 e. The average molecular weight is 375 g/mol. The summed E-state index contributed by atoms with van der Waals surface area (Å²) in [4.78, 5) is 34.7. The third-order valence-corrected chi connectivity index (χ3v) is 5.03. The number of nitrogens with one attached hydrogen (secondary N) is 1. The number of benzene rings is 2. The van der Waals surface area contributed by atoms with Gasteiger partial charge in [-0.25, -0.2) is 4.98 Å². The third-order valence-electron chi connectivity index (χ3n) is 5.03. The maximum absolute atomic E-state index is 13.0. The molecule has 1 N–H and O–H groups in total. The summed E-state index contributed by atoms with van der Waals surface area (Å²) in [5.74, 6) is 1.61. The average Bonchev–Trinajstić information content (AvgIpc) is 3.21. The quantitative estimate of drug-likeness (QED) is 0.743. The van der Waals surface area contributed by atoms with Gasteiger partial charge in [0.25, 0.3) is 11.5 Å². The van der Waals surface area contributed by atoms with Gasteiger partial charge in [0.2, 0.25) is 6.79 Å². The Bertz CT molecular complexity index is 1120. The zero-order valence-electron chi connectivity index (χ0n) is 15.0. The molecule has 0 spiro atoms. The summed E-state index contributed by atoms with van der Waals surface area (Å²) in [5, 5.41) is 0. The van der Waals surface area contributed by atoms with E-state index in [0.29, 0.717) is 53.7 Å². The topological polar surface area (TPSA) is 84.5 Å². The molecule has 0 unspecified atom stereocenters. The zero-order valence-corrected chi connectivity index (χ0v) is 15.0. The molecule has 140 valence electrons. The Morgan fingerprint density at radius 1 is 1.07 bits per heavy atom. The fourth-order valence-corrected chi connectivity index (χ4v) is 3.56. The van der Waals surface area contributed by atoms with Crippen molar-refractivity contribution in [2.24, 2.45) is 0 Å². The van der Waals surface area contributed by atoms with Gasteiger partial charge in [-0.15, -0.1) is 0 Å². The van der Waals surface area contributed by atoms with Gasteiger partial charge in [0, 0.05) is 23.2 Å². The number of carbonyl (C=O) groups excluding carboxylic acids is 1. The summed E-state index contributed by atoms with van der Waals surface area (Å²) in [5.41, 5.74) is 2.51. The van der Waals surface area contributed by atoms with Crippen molar-refractivity contribution in [3.63, 3.8) is 0 Å². The summed E-state index contributed by atoms with van der Waals surface area (Å²) in [6.07, 6.45) is 0.475. The molecular formula is C21H17N3O4. The molecule has 28 heavy (non-hydrogen) atoms. The van der Waals surface area contributed by atoms with Crippen LogP contribution in [-0.4, -0.2) is 34.1 Å². The Balaban J connectivity index is 1.45. The molecule has 2 aliphatic rings. The van der Waals surface area contributed by atoms with Gasteiger partial charge in [0.15, 0.2) is 11.5 Å². The van der Waals surface area contributed by atoms with Gasteiger partial charge in [-0.05, 0) is 24.6 Å². The fourth-order valence-electron chi connectivity index (χ4n) is 3.56. The third kappa shape index (κ3) is 2.81. The highest BCUT2D eigenvalue weighted by Crippen LogP contribution is 2.33. The minimum atomic E-state index is -0.140. The molecule has 2 aliphatic heterocycles. The van der Waals surface area contributed by atoms with Gasteiger partial charge in [-0.2, -0.15) is 0 Å². The second kappa shape index (κ2) is 6.53. The van der Waals surface area contributed by atoms with Crippen LogP contribution in [0.5, 0.6) is 11.5 Å². The van der Waals surface area contributed by atoms with Crippen LogP contribution in [0.1, 0.15) is 21.6 Å². The molecule has 0 saturated carbocycles. The van der Waals surface area contributed by atoms with Crippen molar-refractivity contribution in [2.45, 2.75) is 13.0 Å². The lowest BCUT2D eigenvalue weighted by Crippen LogP contribution is -2.39. The Morgan fingerprint density at radius 2 is 1.89 bits per heavy atom. The summed E-state index contributed by atoms with van der Waals surface area (Å²) >= 11 is 0. The molecule has 0 atom stereocenters. The molecule has 0 bridgehead atoms. The molecule has 7 heteroatoms. The predicted molar refractivity (Wildman–Crippen MR) is 101 cm³/mol. The van der Waals surface area contributed by atoms with Gasteiger partial charge in [-0.1, -0.05) is 30.3 Å². The Kier molecular flexibility index (Phi) is 3.86. The van der Waals surface area contributed by atoms with Crippen molar-refractivity contribution in [1.82, 2.24) is 14.9 Å². The van der Waals surface area contributed by atoms with Crippen LogP contribution in [0.2, 0.25) is 0 Å². The zero-order chi connectivity index (χ0) is 19.1. The van der Waals surface area contributed by atoms with E-state index in [1.54, 1.807) is 23.1 Å². The van der Waals surface area contributed by atoms with Crippen molar-refractivity contribution in [3.8, 4) is 22.9 Å². The smallest absolute Gasteiger partial charge is 0.254 e. The van der Waals surface area contributed by atoms with Crippen molar-refractivity contribution in [2.75, 3.05) is 13.3 Å². The van der Waals surface area contributed by atoms with Gasteiger partial charge in [-0.3, -0.25) is 9.59 Å². The number of amides is 1. The molecule has 0 aliphatic carbocycles. The Morgan fingerprint density at radius 3 is 2.75 bits per heavy atom. The normalized spacial score (nSPS) is 14.6. The SMILES string of the molecule is O=C(c1ccc2c(c1)OCO2)N1CCc2c(nc(-c3ccccc3)[nH]c2=O)C1. The second-order valence-corrected chi connectivity index (χ2v) is 6.75. The molecular weight excluding hydrogens is 358 g/mol. The first-order valence-corrected chi connectivity index (χ1v) is 9.05. The number of hydrogen-bond donors (Lipinski definition) is 1. The number of aromatic amines is 1. The Labute approximate surface area is 160 Å². The van der Waals surface area contributed by atoms with E-state index in [2.05, 4.69) is 9.97 Å². The minimum absolute atomic E-state index is 0.118. The maximum Gasteiger partial charge on any atom is 0.254 e. The first-order chi connectivity index (χ1) is 13.7. The van der Waals surface area contributed by atoms with Gasteiger partial charge >= 0.3 is 0 Å². The highest BCUT2D eigenvalue weighted by atomic mass is 16.7. The Hall–Kier alpha value is -3.61. The molecule has 7 nitrogen and oxygen atoms in total. The van der Waals surface area contributed by atoms with Crippen molar-refractivity contribution in [1.29, 1.82) is 0 Å². The number of carbonyl (C=O) groups is 1. The molecule has 3 aromatic rings. The first kappa shape index (κ1) is 16.6. The van der Waals surface area contributed by atoms with E-state index < -0.39 is 0 Å². The van der Waals surface area contributed by atoms with E-state index in [9.17, 15) is 9.59 Å². The number of fused-ring (bicyclic) bond motifs is 2. The summed E-state index contributed by atoms with van der Waals surface area (Å²) < 4.78 is 10.7. The lowest BCUT2D eigenvalue weighted by molar-refractivity contribution is 0.0731. The number of aromatic nitrogens is 2. The van der Waals surface area contributed by atoms with Gasteiger partial charge in [0.05, 0.1) is 12.2 Å². The maximum atomic E-state index is 13.0. The lowest BCUT2D eigenvalue weighted by atomic mass is 10.0. The second-order valence-electron chi connectivity index (χ2n) is 6.75. The molecule has 0 fully saturated rings. The number of hydrogen-bond acceptors (Lipinski definition) is 5.